The van der Waals surface area contributed by atoms with Crippen LogP contribution in [0.1, 0.15) is 6.92 Å². The summed E-state index contributed by atoms with van der Waals surface area (Å²) >= 11 is 5.79. The first-order chi connectivity index (χ1) is 8.59. The standard InChI is InChI=1S/C10H16ClN3O3S/c1-2-13-6-10(12-8-13)18(15,16)14-3-4-17-7-9(14)5-11/h6,8-9H,2-5,7H2,1H3. The molecular formula is C10H16ClN3O3S. The molecule has 1 fully saturated rings. The third-order valence-corrected chi connectivity index (χ3v) is 5.09. The van der Waals surface area contributed by atoms with Crippen molar-refractivity contribution < 1.29 is 13.2 Å². The molecule has 1 unspecified atom stereocenters. The van der Waals surface area contributed by atoms with Crippen molar-refractivity contribution >= 4 is 21.6 Å². The Kier molecular flexibility index (Phi) is 4.26. The molecule has 2 heterocycles. The third kappa shape index (κ3) is 2.54. The van der Waals surface area contributed by atoms with Crippen molar-refractivity contribution in [3.05, 3.63) is 12.5 Å². The lowest BCUT2D eigenvalue weighted by atomic mass is 10.3. The molecule has 0 bridgehead atoms. The number of alkyl halides is 1. The third-order valence-electron chi connectivity index (χ3n) is 2.90. The number of hydrogen-bond acceptors (Lipinski definition) is 4. The Morgan fingerprint density at radius 3 is 3.00 bits per heavy atom. The number of ether oxygens (including phenoxy) is 1. The van der Waals surface area contributed by atoms with Crippen LogP contribution in [-0.4, -0.2) is 54.0 Å². The molecule has 6 nitrogen and oxygen atoms in total. The number of sulfonamides is 1. The maximum Gasteiger partial charge on any atom is 0.262 e. The van der Waals surface area contributed by atoms with E-state index in [4.69, 9.17) is 16.3 Å². The van der Waals surface area contributed by atoms with E-state index >= 15 is 0 Å². The van der Waals surface area contributed by atoms with Gasteiger partial charge in [-0.05, 0) is 6.92 Å². The zero-order chi connectivity index (χ0) is 13.2. The molecule has 0 radical (unpaired) electrons. The molecule has 1 aromatic rings. The van der Waals surface area contributed by atoms with Gasteiger partial charge in [0.15, 0.2) is 5.03 Å². The molecule has 8 heteroatoms. The minimum atomic E-state index is -3.58. The Balaban J connectivity index is 2.28. The maximum absolute atomic E-state index is 12.4. The molecule has 1 aliphatic rings. The number of imidazole rings is 1. The first-order valence-corrected chi connectivity index (χ1v) is 7.74. The largest absolute Gasteiger partial charge is 0.378 e. The van der Waals surface area contributed by atoms with Gasteiger partial charge < -0.3 is 9.30 Å². The zero-order valence-corrected chi connectivity index (χ0v) is 11.7. The fourth-order valence-electron chi connectivity index (χ4n) is 1.84. The number of rotatable bonds is 4. The summed E-state index contributed by atoms with van der Waals surface area (Å²) < 4.78 is 33.2. The van der Waals surface area contributed by atoms with Gasteiger partial charge in [0.1, 0.15) is 0 Å². The van der Waals surface area contributed by atoms with Crippen molar-refractivity contribution in [3.63, 3.8) is 0 Å². The Morgan fingerprint density at radius 1 is 1.61 bits per heavy atom. The highest BCUT2D eigenvalue weighted by Crippen LogP contribution is 2.19. The van der Waals surface area contributed by atoms with Gasteiger partial charge in [0.2, 0.25) is 0 Å². The summed E-state index contributed by atoms with van der Waals surface area (Å²) in [6, 6.07) is -0.322. The molecule has 2 rings (SSSR count). The molecule has 1 aromatic heterocycles. The SMILES string of the molecule is CCn1cnc(S(=O)(=O)N2CCOCC2CCl)c1. The lowest BCUT2D eigenvalue weighted by Crippen LogP contribution is -2.49. The van der Waals surface area contributed by atoms with E-state index in [9.17, 15) is 8.42 Å². The van der Waals surface area contributed by atoms with Gasteiger partial charge in [-0.15, -0.1) is 11.6 Å². The summed E-state index contributed by atoms with van der Waals surface area (Å²) in [5.41, 5.74) is 0. The molecule has 0 amide bonds. The van der Waals surface area contributed by atoms with E-state index in [1.165, 1.54) is 16.8 Å². The van der Waals surface area contributed by atoms with Crippen LogP contribution in [0.25, 0.3) is 0 Å². The summed E-state index contributed by atoms with van der Waals surface area (Å²) in [5, 5.41) is 0.0707. The average Bonchev–Trinajstić information content (AvgIpc) is 2.88. The number of aryl methyl sites for hydroxylation is 1. The number of nitrogens with zero attached hydrogens (tertiary/aromatic N) is 3. The summed E-state index contributed by atoms with van der Waals surface area (Å²) in [4.78, 5) is 3.95. The van der Waals surface area contributed by atoms with Crippen molar-refractivity contribution in [1.29, 1.82) is 0 Å². The number of morpholine rings is 1. The van der Waals surface area contributed by atoms with E-state index in [1.807, 2.05) is 6.92 Å². The number of aromatic nitrogens is 2. The molecule has 0 aliphatic carbocycles. The second-order valence-electron chi connectivity index (χ2n) is 4.04. The molecule has 102 valence electrons. The fourth-order valence-corrected chi connectivity index (χ4v) is 3.71. The summed E-state index contributed by atoms with van der Waals surface area (Å²) in [5.74, 6) is 0.216. The highest BCUT2D eigenvalue weighted by atomic mass is 35.5. The summed E-state index contributed by atoms with van der Waals surface area (Å²) in [7, 11) is -3.58. The van der Waals surface area contributed by atoms with Gasteiger partial charge in [-0.1, -0.05) is 0 Å². The van der Waals surface area contributed by atoms with E-state index in [0.717, 1.165) is 0 Å². The van der Waals surface area contributed by atoms with E-state index in [1.54, 1.807) is 4.57 Å². The van der Waals surface area contributed by atoms with Crippen molar-refractivity contribution in [3.8, 4) is 0 Å². The minimum absolute atomic E-state index is 0.0707. The van der Waals surface area contributed by atoms with Crippen molar-refractivity contribution in [2.24, 2.45) is 0 Å². The molecule has 18 heavy (non-hydrogen) atoms. The van der Waals surface area contributed by atoms with Crippen LogP contribution >= 0.6 is 11.6 Å². The monoisotopic (exact) mass is 293 g/mol. The normalized spacial score (nSPS) is 22.2. The molecule has 1 saturated heterocycles. The van der Waals surface area contributed by atoms with Gasteiger partial charge in [-0.3, -0.25) is 0 Å². The lowest BCUT2D eigenvalue weighted by Gasteiger charge is -2.32. The average molecular weight is 294 g/mol. The highest BCUT2D eigenvalue weighted by Gasteiger charge is 2.34. The van der Waals surface area contributed by atoms with Crippen LogP contribution in [-0.2, 0) is 21.3 Å². The Labute approximate surface area is 112 Å². The van der Waals surface area contributed by atoms with Crippen LogP contribution in [0.2, 0.25) is 0 Å². The van der Waals surface area contributed by atoms with Crippen molar-refractivity contribution in [2.75, 3.05) is 25.6 Å². The van der Waals surface area contributed by atoms with Crippen LogP contribution < -0.4 is 0 Å². The molecule has 0 saturated carbocycles. The van der Waals surface area contributed by atoms with Crippen LogP contribution in [0.5, 0.6) is 0 Å². The first-order valence-electron chi connectivity index (χ1n) is 5.77. The van der Waals surface area contributed by atoms with Gasteiger partial charge in [-0.2, -0.15) is 4.31 Å². The smallest absolute Gasteiger partial charge is 0.262 e. The topological polar surface area (TPSA) is 64.4 Å². The van der Waals surface area contributed by atoms with Crippen LogP contribution in [0.15, 0.2) is 17.6 Å². The molecule has 1 aliphatic heterocycles. The number of halogens is 1. The Hall–Kier alpha value is -0.630. The predicted octanol–water partition coefficient (Wildman–Crippen LogP) is 0.531. The number of hydrogen-bond donors (Lipinski definition) is 0. The van der Waals surface area contributed by atoms with E-state index < -0.39 is 10.0 Å². The van der Waals surface area contributed by atoms with Crippen molar-refractivity contribution in [1.82, 2.24) is 13.9 Å². The summed E-state index contributed by atoms with van der Waals surface area (Å²) in [6.07, 6.45) is 3.05. The van der Waals surface area contributed by atoms with Crippen LogP contribution in [0.4, 0.5) is 0 Å². The maximum atomic E-state index is 12.4. The minimum Gasteiger partial charge on any atom is -0.378 e. The van der Waals surface area contributed by atoms with Gasteiger partial charge in [0.25, 0.3) is 10.0 Å². The summed E-state index contributed by atoms with van der Waals surface area (Å²) in [6.45, 7) is 3.65. The van der Waals surface area contributed by atoms with Crippen LogP contribution in [0, 0.1) is 0 Å². The fraction of sp³-hybridized carbons (Fsp3) is 0.700. The predicted molar refractivity (Wildman–Crippen MR) is 67.1 cm³/mol. The van der Waals surface area contributed by atoms with E-state index in [0.29, 0.717) is 26.3 Å². The van der Waals surface area contributed by atoms with Gasteiger partial charge >= 0.3 is 0 Å². The highest BCUT2D eigenvalue weighted by molar-refractivity contribution is 7.89. The molecule has 0 spiro atoms. The van der Waals surface area contributed by atoms with Crippen molar-refractivity contribution in [2.45, 2.75) is 24.5 Å². The zero-order valence-electron chi connectivity index (χ0n) is 10.1. The van der Waals surface area contributed by atoms with E-state index in [-0.39, 0.29) is 16.9 Å². The van der Waals surface area contributed by atoms with Gasteiger partial charge in [0, 0.05) is 25.2 Å². The molecule has 0 N–H and O–H groups in total. The van der Waals surface area contributed by atoms with E-state index in [2.05, 4.69) is 4.98 Å². The lowest BCUT2D eigenvalue weighted by molar-refractivity contribution is 0.0403. The van der Waals surface area contributed by atoms with Crippen LogP contribution in [0.3, 0.4) is 0 Å². The molecule has 1 atom stereocenters. The van der Waals surface area contributed by atoms with Gasteiger partial charge in [0.05, 0.1) is 25.6 Å². The Bertz CT molecular complexity index is 502. The second kappa shape index (κ2) is 5.56. The molecular weight excluding hydrogens is 278 g/mol. The quantitative estimate of drug-likeness (QED) is 0.760. The first kappa shape index (κ1) is 13.8. The second-order valence-corrected chi connectivity index (χ2v) is 6.19. The van der Waals surface area contributed by atoms with Gasteiger partial charge in [-0.25, -0.2) is 13.4 Å². The Morgan fingerprint density at radius 2 is 2.39 bits per heavy atom. The molecule has 0 aromatic carbocycles.